The Morgan fingerprint density at radius 3 is 2.36 bits per heavy atom. The number of unbranched alkanes of at least 4 members (excludes halogenated alkanes) is 3. The van der Waals surface area contributed by atoms with Gasteiger partial charge in [-0.1, -0.05) is 67.1 Å². The SMILES string of the molecule is NCCCC[C@H](N)C(=O)N(CCCCCNC(=O)CCN1CCC(OC(=O)Nc2ccccc2-c2ccccc2)CC1)Cc1ccc(O)cc1. The van der Waals surface area contributed by atoms with E-state index in [1.165, 1.54) is 0 Å². The molecule has 0 aliphatic carbocycles. The normalized spacial score (nSPS) is 14.1. The van der Waals surface area contributed by atoms with Gasteiger partial charge < -0.3 is 36.4 Å². The lowest BCUT2D eigenvalue weighted by molar-refractivity contribution is -0.133. The highest BCUT2D eigenvalue weighted by Crippen LogP contribution is 2.28. The van der Waals surface area contributed by atoms with Crippen LogP contribution in [0.5, 0.6) is 5.75 Å². The molecule has 0 spiro atoms. The van der Waals surface area contributed by atoms with Crippen molar-refractivity contribution >= 4 is 23.6 Å². The minimum Gasteiger partial charge on any atom is -0.508 e. The lowest BCUT2D eigenvalue weighted by Crippen LogP contribution is -2.43. The summed E-state index contributed by atoms with van der Waals surface area (Å²) in [6.07, 6.45) is 5.97. The molecule has 0 aromatic heterocycles. The first-order valence-corrected chi connectivity index (χ1v) is 18.0. The van der Waals surface area contributed by atoms with E-state index in [2.05, 4.69) is 15.5 Å². The summed E-state index contributed by atoms with van der Waals surface area (Å²) in [5, 5.41) is 15.6. The molecule has 1 atom stereocenters. The Hall–Kier alpha value is -4.45. The Morgan fingerprint density at radius 2 is 1.62 bits per heavy atom. The van der Waals surface area contributed by atoms with Gasteiger partial charge in [-0.05, 0) is 80.8 Å². The van der Waals surface area contributed by atoms with Crippen LogP contribution < -0.4 is 22.1 Å². The van der Waals surface area contributed by atoms with E-state index in [1.807, 2.05) is 66.7 Å². The van der Waals surface area contributed by atoms with Crippen LogP contribution in [-0.4, -0.2) is 84.2 Å². The molecule has 0 radical (unpaired) electrons. The average molecular weight is 687 g/mol. The molecule has 11 heteroatoms. The molecule has 1 heterocycles. The van der Waals surface area contributed by atoms with Crippen molar-refractivity contribution in [1.29, 1.82) is 0 Å². The van der Waals surface area contributed by atoms with Crippen LogP contribution in [0.15, 0.2) is 78.9 Å². The number of piperidine rings is 1. The molecule has 1 aliphatic rings. The van der Waals surface area contributed by atoms with Crippen molar-refractivity contribution in [1.82, 2.24) is 15.1 Å². The predicted molar refractivity (Wildman–Crippen MR) is 197 cm³/mol. The fourth-order valence-corrected chi connectivity index (χ4v) is 6.14. The van der Waals surface area contributed by atoms with Gasteiger partial charge >= 0.3 is 6.09 Å². The Labute approximate surface area is 296 Å². The Bertz CT molecular complexity index is 1460. The van der Waals surface area contributed by atoms with Gasteiger partial charge in [0.1, 0.15) is 11.9 Å². The van der Waals surface area contributed by atoms with Crippen LogP contribution in [0.4, 0.5) is 10.5 Å². The molecule has 7 N–H and O–H groups in total. The van der Waals surface area contributed by atoms with Gasteiger partial charge in [-0.3, -0.25) is 14.9 Å². The predicted octanol–water partition coefficient (Wildman–Crippen LogP) is 5.23. The van der Waals surface area contributed by atoms with Gasteiger partial charge in [0.05, 0.1) is 11.7 Å². The lowest BCUT2D eigenvalue weighted by Gasteiger charge is -2.31. The molecule has 3 aromatic carbocycles. The summed E-state index contributed by atoms with van der Waals surface area (Å²) >= 11 is 0. The van der Waals surface area contributed by atoms with Gasteiger partial charge in [-0.2, -0.15) is 0 Å². The lowest BCUT2D eigenvalue weighted by atomic mass is 10.0. The standard InChI is InChI=1S/C39H54N6O5/c40-23-8-7-14-35(41)38(48)45(29-30-16-18-32(46)19-17-30)25-10-2-9-24-42-37(47)22-28-44-26-20-33(21-27-44)50-39(49)43-36-15-6-5-13-34(36)31-11-3-1-4-12-31/h1,3-6,11-13,15-19,33,35,46H,2,7-10,14,20-29,40-41H2,(H,42,47)(H,43,49)/t35-/m0/s1. The van der Waals surface area contributed by atoms with Gasteiger partial charge in [0.25, 0.3) is 0 Å². The third kappa shape index (κ3) is 13.1. The van der Waals surface area contributed by atoms with E-state index in [4.69, 9.17) is 16.2 Å². The molecule has 1 saturated heterocycles. The third-order valence-electron chi connectivity index (χ3n) is 9.05. The summed E-state index contributed by atoms with van der Waals surface area (Å²) in [6.45, 7) is 4.36. The van der Waals surface area contributed by atoms with Gasteiger partial charge in [0.2, 0.25) is 11.8 Å². The smallest absolute Gasteiger partial charge is 0.411 e. The third-order valence-corrected chi connectivity index (χ3v) is 9.05. The number of nitrogens with one attached hydrogen (secondary N) is 2. The molecule has 0 saturated carbocycles. The quantitative estimate of drug-likeness (QED) is 0.107. The number of nitrogens with zero attached hydrogens (tertiary/aromatic N) is 2. The molecule has 1 fully saturated rings. The Kier molecular flexibility index (Phi) is 16.0. The van der Waals surface area contributed by atoms with Crippen LogP contribution in [0.25, 0.3) is 11.1 Å². The van der Waals surface area contributed by atoms with Gasteiger partial charge in [-0.25, -0.2) is 4.79 Å². The van der Waals surface area contributed by atoms with Crippen molar-refractivity contribution in [3.8, 4) is 16.9 Å². The van der Waals surface area contributed by atoms with Gasteiger partial charge in [0.15, 0.2) is 0 Å². The highest BCUT2D eigenvalue weighted by atomic mass is 16.6. The number of amides is 3. The highest BCUT2D eigenvalue weighted by molar-refractivity contribution is 5.91. The molecule has 4 rings (SSSR count). The minimum absolute atomic E-state index is 0.0208. The summed E-state index contributed by atoms with van der Waals surface area (Å²) in [5.41, 5.74) is 15.4. The monoisotopic (exact) mass is 686 g/mol. The zero-order valence-electron chi connectivity index (χ0n) is 29.1. The zero-order valence-corrected chi connectivity index (χ0v) is 29.1. The molecule has 0 unspecified atom stereocenters. The number of hydrogen-bond acceptors (Lipinski definition) is 8. The average Bonchev–Trinajstić information content (AvgIpc) is 3.13. The summed E-state index contributed by atoms with van der Waals surface area (Å²) in [7, 11) is 0. The molecule has 50 heavy (non-hydrogen) atoms. The second-order valence-electron chi connectivity index (χ2n) is 13.0. The number of ether oxygens (including phenoxy) is 1. The summed E-state index contributed by atoms with van der Waals surface area (Å²) in [6, 6.07) is 23.9. The van der Waals surface area contributed by atoms with Crippen molar-refractivity contribution in [3.05, 3.63) is 84.4 Å². The number of anilines is 1. The fourth-order valence-electron chi connectivity index (χ4n) is 6.14. The van der Waals surface area contributed by atoms with Crippen LogP contribution in [0.2, 0.25) is 0 Å². The Morgan fingerprint density at radius 1 is 0.900 bits per heavy atom. The van der Waals surface area contributed by atoms with E-state index < -0.39 is 12.1 Å². The van der Waals surface area contributed by atoms with Crippen molar-refractivity contribution in [2.45, 2.75) is 76.5 Å². The van der Waals surface area contributed by atoms with E-state index in [1.54, 1.807) is 17.0 Å². The van der Waals surface area contributed by atoms with Crippen molar-refractivity contribution in [2.24, 2.45) is 11.5 Å². The van der Waals surface area contributed by atoms with Crippen molar-refractivity contribution < 1.29 is 24.2 Å². The first-order valence-electron chi connectivity index (χ1n) is 18.0. The first-order chi connectivity index (χ1) is 24.3. The second-order valence-corrected chi connectivity index (χ2v) is 13.0. The molecule has 0 bridgehead atoms. The molecule has 3 aromatic rings. The number of phenolic OH excluding ortho intramolecular Hbond substituents is 1. The molecular formula is C39H54N6O5. The van der Waals surface area contributed by atoms with Crippen LogP contribution in [-0.2, 0) is 20.9 Å². The summed E-state index contributed by atoms with van der Waals surface area (Å²) in [4.78, 5) is 42.4. The Balaban J connectivity index is 1.09. The number of nitrogens with two attached hydrogens (primary N) is 2. The molecule has 11 nitrogen and oxygen atoms in total. The summed E-state index contributed by atoms with van der Waals surface area (Å²) < 4.78 is 5.74. The molecule has 1 aliphatic heterocycles. The number of hydrogen-bond donors (Lipinski definition) is 5. The van der Waals surface area contributed by atoms with Crippen molar-refractivity contribution in [2.75, 3.05) is 44.6 Å². The molecular weight excluding hydrogens is 632 g/mol. The maximum atomic E-state index is 13.1. The molecule has 3 amide bonds. The van der Waals surface area contributed by atoms with E-state index in [0.717, 1.165) is 74.7 Å². The highest BCUT2D eigenvalue weighted by Gasteiger charge is 2.24. The van der Waals surface area contributed by atoms with Crippen LogP contribution in [0, 0.1) is 0 Å². The molecule has 270 valence electrons. The number of likely N-dealkylation sites (tertiary alicyclic amines) is 1. The van der Waals surface area contributed by atoms with E-state index in [-0.39, 0.29) is 23.7 Å². The van der Waals surface area contributed by atoms with Crippen molar-refractivity contribution in [3.63, 3.8) is 0 Å². The maximum absolute atomic E-state index is 13.1. The van der Waals surface area contributed by atoms with Crippen LogP contribution in [0.3, 0.4) is 0 Å². The topological polar surface area (TPSA) is 163 Å². The fraction of sp³-hybridized carbons (Fsp3) is 0.462. The van der Waals surface area contributed by atoms with Crippen LogP contribution >= 0.6 is 0 Å². The summed E-state index contributed by atoms with van der Waals surface area (Å²) in [5.74, 6) is 0.129. The number of carbonyl (C=O) groups is 3. The number of para-hydroxylation sites is 1. The largest absolute Gasteiger partial charge is 0.508 e. The first kappa shape index (κ1) is 38.4. The maximum Gasteiger partial charge on any atom is 0.411 e. The van der Waals surface area contributed by atoms with E-state index in [0.29, 0.717) is 51.3 Å². The second kappa shape index (κ2) is 20.9. The minimum atomic E-state index is -0.566. The number of benzene rings is 3. The zero-order chi connectivity index (χ0) is 35.6. The van der Waals surface area contributed by atoms with E-state index >= 15 is 0 Å². The number of aromatic hydroxyl groups is 1. The van der Waals surface area contributed by atoms with Gasteiger partial charge in [0, 0.05) is 51.3 Å². The van der Waals surface area contributed by atoms with Gasteiger partial charge in [-0.15, -0.1) is 0 Å². The number of rotatable bonds is 19. The number of carbonyl (C=O) groups excluding carboxylic acids is 3. The van der Waals surface area contributed by atoms with Crippen LogP contribution in [0.1, 0.15) is 63.4 Å². The number of phenols is 1. The van der Waals surface area contributed by atoms with E-state index in [9.17, 15) is 19.5 Å².